The van der Waals surface area contributed by atoms with E-state index in [-0.39, 0.29) is 0 Å². The first-order chi connectivity index (χ1) is 9.75. The second-order valence-corrected chi connectivity index (χ2v) is 6.17. The monoisotopic (exact) mass is 425 g/mol. The van der Waals surface area contributed by atoms with Gasteiger partial charge in [0, 0.05) is 11.5 Å². The number of nitrogens with one attached hydrogen (secondary N) is 1. The van der Waals surface area contributed by atoms with Crippen LogP contribution in [0, 0.1) is 0 Å². The van der Waals surface area contributed by atoms with Gasteiger partial charge in [0.15, 0.2) is 0 Å². The number of hydrogen-bond acceptors (Lipinski definition) is 2. The van der Waals surface area contributed by atoms with Crippen LogP contribution in [0.1, 0.15) is 22.9 Å². The largest absolute Gasteiger partial charge is 0.416 e. The molecule has 1 N–H and O–H groups in total. The average Bonchev–Trinajstić information content (AvgIpc) is 2.72. The summed E-state index contributed by atoms with van der Waals surface area (Å²) in [6.07, 6.45) is -2.77. The van der Waals surface area contributed by atoms with Gasteiger partial charge < -0.3 is 5.32 Å². The van der Waals surface area contributed by atoms with Crippen molar-refractivity contribution < 1.29 is 13.2 Å². The summed E-state index contributed by atoms with van der Waals surface area (Å²) in [6, 6.07) is 3.18. The summed E-state index contributed by atoms with van der Waals surface area (Å²) < 4.78 is 41.7. The molecule has 1 unspecified atom stereocenters. The number of hydrogen-bond donors (Lipinski definition) is 1. The molecule has 2 rings (SSSR count). The Bertz CT molecular complexity index is 633. The minimum absolute atomic E-state index is 0.427. The Hall–Kier alpha value is -0.860. The predicted octanol–water partition coefficient (Wildman–Crippen LogP) is 4.27. The minimum atomic E-state index is -4.38. The van der Waals surface area contributed by atoms with E-state index in [1.807, 2.05) is 0 Å². The molecule has 1 atom stereocenters. The van der Waals surface area contributed by atoms with E-state index in [0.29, 0.717) is 10.0 Å². The van der Waals surface area contributed by atoms with Crippen LogP contribution in [0.2, 0.25) is 0 Å². The van der Waals surface area contributed by atoms with Crippen LogP contribution in [0.5, 0.6) is 0 Å². The first-order valence-corrected chi connectivity index (χ1v) is 7.55. The van der Waals surface area contributed by atoms with Crippen LogP contribution in [0.4, 0.5) is 13.2 Å². The third-order valence-corrected chi connectivity index (χ3v) is 4.47. The van der Waals surface area contributed by atoms with Crippen molar-refractivity contribution in [2.24, 2.45) is 7.05 Å². The summed E-state index contributed by atoms with van der Waals surface area (Å²) in [5.41, 5.74) is 0.563. The fourth-order valence-corrected chi connectivity index (χ4v) is 3.18. The topological polar surface area (TPSA) is 29.9 Å². The van der Waals surface area contributed by atoms with Crippen molar-refractivity contribution in [3.8, 4) is 0 Å². The Morgan fingerprint density at radius 1 is 1.24 bits per heavy atom. The molecular formula is C13H12Br2F3N3. The normalized spacial score (nSPS) is 13.5. The number of alkyl halides is 3. The molecule has 8 heteroatoms. The van der Waals surface area contributed by atoms with E-state index in [0.717, 1.165) is 22.3 Å². The van der Waals surface area contributed by atoms with Gasteiger partial charge in [0.1, 0.15) is 0 Å². The summed E-state index contributed by atoms with van der Waals surface area (Å²) in [4.78, 5) is 0. The van der Waals surface area contributed by atoms with E-state index in [1.165, 1.54) is 6.07 Å². The molecule has 0 aliphatic heterocycles. The second kappa shape index (κ2) is 6.10. The van der Waals surface area contributed by atoms with Gasteiger partial charge in [-0.25, -0.2) is 0 Å². The van der Waals surface area contributed by atoms with Gasteiger partial charge in [-0.1, -0.05) is 15.9 Å². The zero-order valence-electron chi connectivity index (χ0n) is 11.2. The number of benzene rings is 1. The molecule has 0 spiro atoms. The van der Waals surface area contributed by atoms with Gasteiger partial charge in [-0.05, 0) is 46.7 Å². The number of rotatable bonds is 3. The smallest absolute Gasteiger partial charge is 0.308 e. The molecule has 0 aliphatic carbocycles. The van der Waals surface area contributed by atoms with Crippen molar-refractivity contribution in [3.05, 3.63) is 50.2 Å². The lowest BCUT2D eigenvalue weighted by atomic mass is 10.0. The molecule has 0 fully saturated rings. The lowest BCUT2D eigenvalue weighted by molar-refractivity contribution is -0.137. The SMILES string of the molecule is CNC(c1cc(C(F)(F)F)ccc1Br)c1c(Br)cnn1C. The maximum Gasteiger partial charge on any atom is 0.416 e. The third kappa shape index (κ3) is 3.32. The van der Waals surface area contributed by atoms with Crippen LogP contribution in [0.3, 0.4) is 0 Å². The Morgan fingerprint density at radius 2 is 1.90 bits per heavy atom. The molecule has 0 saturated carbocycles. The summed E-state index contributed by atoms with van der Waals surface area (Å²) in [6.45, 7) is 0. The lowest BCUT2D eigenvalue weighted by Gasteiger charge is -2.20. The van der Waals surface area contributed by atoms with Crippen molar-refractivity contribution >= 4 is 31.9 Å². The Morgan fingerprint density at radius 3 is 2.38 bits per heavy atom. The number of aryl methyl sites for hydroxylation is 1. The Labute approximate surface area is 136 Å². The summed E-state index contributed by atoms with van der Waals surface area (Å²) in [5, 5.41) is 7.14. The fraction of sp³-hybridized carbons (Fsp3) is 0.308. The predicted molar refractivity (Wildman–Crippen MR) is 81.0 cm³/mol. The lowest BCUT2D eigenvalue weighted by Crippen LogP contribution is -2.22. The summed E-state index contributed by atoms with van der Waals surface area (Å²) in [5.74, 6) is 0. The van der Waals surface area contributed by atoms with Crippen LogP contribution in [-0.2, 0) is 13.2 Å². The number of halogens is 5. The highest BCUT2D eigenvalue weighted by Crippen LogP contribution is 2.37. The van der Waals surface area contributed by atoms with Crippen LogP contribution in [-0.4, -0.2) is 16.8 Å². The first-order valence-electron chi connectivity index (χ1n) is 5.97. The third-order valence-electron chi connectivity index (χ3n) is 3.13. The molecule has 21 heavy (non-hydrogen) atoms. The van der Waals surface area contributed by atoms with Crippen molar-refractivity contribution in [2.45, 2.75) is 12.2 Å². The van der Waals surface area contributed by atoms with E-state index < -0.39 is 17.8 Å². The quantitative estimate of drug-likeness (QED) is 0.794. The Balaban J connectivity index is 2.58. The van der Waals surface area contributed by atoms with Crippen molar-refractivity contribution in [1.82, 2.24) is 15.1 Å². The molecule has 1 aromatic carbocycles. The van der Waals surface area contributed by atoms with E-state index in [1.54, 1.807) is 25.0 Å². The molecule has 0 bridgehead atoms. The standard InChI is InChI=1S/C13H12Br2F3N3/c1-19-11(12-10(15)6-20-21(12)2)8-5-7(13(16,17)18)3-4-9(8)14/h3-6,11,19H,1-2H3. The molecule has 0 amide bonds. The average molecular weight is 427 g/mol. The number of nitrogens with zero attached hydrogens (tertiary/aromatic N) is 2. The van der Waals surface area contributed by atoms with Gasteiger partial charge in [0.05, 0.1) is 28.0 Å². The van der Waals surface area contributed by atoms with E-state index in [9.17, 15) is 13.2 Å². The van der Waals surface area contributed by atoms with E-state index in [4.69, 9.17) is 0 Å². The van der Waals surface area contributed by atoms with Gasteiger partial charge in [-0.15, -0.1) is 0 Å². The van der Waals surface area contributed by atoms with Crippen molar-refractivity contribution in [3.63, 3.8) is 0 Å². The van der Waals surface area contributed by atoms with Crippen molar-refractivity contribution in [1.29, 1.82) is 0 Å². The molecule has 0 aliphatic rings. The molecule has 3 nitrogen and oxygen atoms in total. The van der Waals surface area contributed by atoms with Crippen LogP contribution >= 0.6 is 31.9 Å². The highest BCUT2D eigenvalue weighted by molar-refractivity contribution is 9.10. The van der Waals surface area contributed by atoms with Crippen LogP contribution < -0.4 is 5.32 Å². The van der Waals surface area contributed by atoms with Gasteiger partial charge >= 0.3 is 6.18 Å². The zero-order chi connectivity index (χ0) is 15.8. The molecule has 0 saturated heterocycles. The fourth-order valence-electron chi connectivity index (χ4n) is 2.13. The van der Waals surface area contributed by atoms with Crippen LogP contribution in [0.15, 0.2) is 33.3 Å². The summed E-state index contributed by atoms with van der Waals surface area (Å²) in [7, 11) is 3.43. The van der Waals surface area contributed by atoms with E-state index >= 15 is 0 Å². The maximum absolute atomic E-state index is 12.9. The van der Waals surface area contributed by atoms with Gasteiger partial charge in [0.25, 0.3) is 0 Å². The molecule has 1 heterocycles. The number of aromatic nitrogens is 2. The zero-order valence-corrected chi connectivity index (χ0v) is 14.3. The Kier molecular flexibility index (Phi) is 4.79. The van der Waals surface area contributed by atoms with Gasteiger partial charge in [0.2, 0.25) is 0 Å². The molecule has 0 radical (unpaired) electrons. The molecule has 2 aromatic rings. The van der Waals surface area contributed by atoms with Crippen LogP contribution in [0.25, 0.3) is 0 Å². The molecule has 1 aromatic heterocycles. The first kappa shape index (κ1) is 16.5. The molecular weight excluding hydrogens is 415 g/mol. The second-order valence-electron chi connectivity index (χ2n) is 4.46. The highest BCUT2D eigenvalue weighted by atomic mass is 79.9. The minimum Gasteiger partial charge on any atom is -0.308 e. The molecule has 114 valence electrons. The van der Waals surface area contributed by atoms with Gasteiger partial charge in [-0.2, -0.15) is 18.3 Å². The highest BCUT2D eigenvalue weighted by Gasteiger charge is 2.32. The van der Waals surface area contributed by atoms with Crippen molar-refractivity contribution in [2.75, 3.05) is 7.05 Å². The maximum atomic E-state index is 12.9. The summed E-state index contributed by atoms with van der Waals surface area (Å²) >= 11 is 6.70. The van der Waals surface area contributed by atoms with Gasteiger partial charge in [-0.3, -0.25) is 4.68 Å². The van der Waals surface area contributed by atoms with E-state index in [2.05, 4.69) is 42.3 Å².